The molecule has 0 aromatic carbocycles. The van der Waals surface area contributed by atoms with Gasteiger partial charge < -0.3 is 10.1 Å². The lowest BCUT2D eigenvalue weighted by molar-refractivity contribution is -0.0791. The Morgan fingerprint density at radius 3 is 2.69 bits per heavy atom. The third-order valence-electron chi connectivity index (χ3n) is 4.04. The highest BCUT2D eigenvalue weighted by atomic mass is 32.2. The van der Waals surface area contributed by atoms with Crippen molar-refractivity contribution in [3.8, 4) is 0 Å². The predicted octanol–water partition coefficient (Wildman–Crippen LogP) is 2.82. The smallest absolute Gasteiger partial charge is 0.0666 e. The normalized spacial score (nSPS) is 37.5. The Morgan fingerprint density at radius 1 is 1.25 bits per heavy atom. The molecule has 2 aliphatic rings. The van der Waals surface area contributed by atoms with Gasteiger partial charge in [0.2, 0.25) is 0 Å². The Balaban J connectivity index is 1.80. The molecule has 0 aromatic rings. The van der Waals surface area contributed by atoms with Crippen LogP contribution in [0, 0.1) is 0 Å². The number of thioether (sulfide) groups is 1. The van der Waals surface area contributed by atoms with E-state index in [-0.39, 0.29) is 5.60 Å². The summed E-state index contributed by atoms with van der Waals surface area (Å²) in [6.45, 7) is 5.43. The second-order valence-electron chi connectivity index (χ2n) is 5.39. The summed E-state index contributed by atoms with van der Waals surface area (Å²) in [7, 11) is 0. The van der Waals surface area contributed by atoms with Gasteiger partial charge in [0.15, 0.2) is 0 Å². The zero-order chi connectivity index (χ0) is 11.4. The Kier molecular flexibility index (Phi) is 4.57. The molecule has 0 aromatic heterocycles. The molecule has 16 heavy (non-hydrogen) atoms. The molecule has 0 bridgehead atoms. The fraction of sp³-hybridized carbons (Fsp3) is 1.00. The molecule has 94 valence electrons. The van der Waals surface area contributed by atoms with Crippen molar-refractivity contribution in [3.05, 3.63) is 0 Å². The summed E-state index contributed by atoms with van der Waals surface area (Å²) >= 11 is 2.10. The molecule has 2 nitrogen and oxygen atoms in total. The molecular weight excluding hydrogens is 218 g/mol. The zero-order valence-electron chi connectivity index (χ0n) is 10.6. The van der Waals surface area contributed by atoms with Gasteiger partial charge in [-0.05, 0) is 50.5 Å². The first-order valence-electron chi connectivity index (χ1n) is 6.69. The lowest BCUT2D eigenvalue weighted by Crippen LogP contribution is -2.49. The van der Waals surface area contributed by atoms with Crippen molar-refractivity contribution >= 4 is 11.8 Å². The quantitative estimate of drug-likeness (QED) is 0.823. The minimum atomic E-state index is 0.124. The van der Waals surface area contributed by atoms with Crippen LogP contribution in [0.25, 0.3) is 0 Å². The summed E-state index contributed by atoms with van der Waals surface area (Å²) < 4.78 is 5.89. The molecule has 2 atom stereocenters. The molecule has 2 unspecified atom stereocenters. The minimum absolute atomic E-state index is 0.124. The van der Waals surface area contributed by atoms with E-state index < -0.39 is 0 Å². The Morgan fingerprint density at radius 2 is 2.00 bits per heavy atom. The van der Waals surface area contributed by atoms with Crippen LogP contribution in [0.3, 0.4) is 0 Å². The summed E-state index contributed by atoms with van der Waals surface area (Å²) in [4.78, 5) is 0. The molecule has 0 radical (unpaired) electrons. The van der Waals surface area contributed by atoms with E-state index in [0.717, 1.165) is 19.1 Å². The van der Waals surface area contributed by atoms with Crippen molar-refractivity contribution in [2.75, 3.05) is 18.1 Å². The van der Waals surface area contributed by atoms with Gasteiger partial charge in [-0.3, -0.25) is 0 Å². The topological polar surface area (TPSA) is 21.3 Å². The van der Waals surface area contributed by atoms with Crippen LogP contribution < -0.4 is 5.32 Å². The molecule has 2 heterocycles. The van der Waals surface area contributed by atoms with Crippen molar-refractivity contribution in [2.45, 2.75) is 63.6 Å². The van der Waals surface area contributed by atoms with Gasteiger partial charge in [-0.15, -0.1) is 0 Å². The summed E-state index contributed by atoms with van der Waals surface area (Å²) in [5.41, 5.74) is 0.124. The van der Waals surface area contributed by atoms with Crippen LogP contribution in [0.15, 0.2) is 0 Å². The van der Waals surface area contributed by atoms with Crippen LogP contribution in [0.1, 0.15) is 46.0 Å². The molecule has 2 rings (SSSR count). The molecule has 3 heteroatoms. The number of hydrogen-bond donors (Lipinski definition) is 1. The third-order valence-corrected chi connectivity index (χ3v) is 5.08. The first kappa shape index (κ1) is 12.7. The SMILES string of the molecule is CCC1(C)CC(NC2CCSCC2)CCO1. The molecular formula is C13H25NOS. The highest BCUT2D eigenvalue weighted by Crippen LogP contribution is 2.28. The van der Waals surface area contributed by atoms with E-state index in [2.05, 4.69) is 30.9 Å². The molecule has 2 saturated heterocycles. The fourth-order valence-corrected chi connectivity index (χ4v) is 3.82. The van der Waals surface area contributed by atoms with Crippen LogP contribution in [0.2, 0.25) is 0 Å². The molecule has 1 N–H and O–H groups in total. The van der Waals surface area contributed by atoms with Gasteiger partial charge in [0, 0.05) is 18.7 Å². The average molecular weight is 243 g/mol. The first-order chi connectivity index (χ1) is 7.72. The maximum atomic E-state index is 5.89. The second-order valence-corrected chi connectivity index (χ2v) is 6.62. The third kappa shape index (κ3) is 3.38. The molecule has 2 fully saturated rings. The first-order valence-corrected chi connectivity index (χ1v) is 7.85. The summed E-state index contributed by atoms with van der Waals surface area (Å²) in [6.07, 6.45) is 6.22. The van der Waals surface area contributed by atoms with E-state index in [1.165, 1.54) is 37.2 Å². The predicted molar refractivity (Wildman–Crippen MR) is 71.2 cm³/mol. The van der Waals surface area contributed by atoms with Crippen molar-refractivity contribution in [3.63, 3.8) is 0 Å². The summed E-state index contributed by atoms with van der Waals surface area (Å²) in [5, 5.41) is 3.85. The van der Waals surface area contributed by atoms with Gasteiger partial charge in [-0.1, -0.05) is 6.92 Å². The van der Waals surface area contributed by atoms with Crippen LogP contribution in [-0.4, -0.2) is 35.8 Å². The van der Waals surface area contributed by atoms with Gasteiger partial charge in [0.05, 0.1) is 5.60 Å². The van der Waals surface area contributed by atoms with E-state index in [1.54, 1.807) is 0 Å². The largest absolute Gasteiger partial charge is 0.375 e. The minimum Gasteiger partial charge on any atom is -0.375 e. The van der Waals surface area contributed by atoms with Crippen LogP contribution in [0.4, 0.5) is 0 Å². The van der Waals surface area contributed by atoms with E-state index in [9.17, 15) is 0 Å². The maximum Gasteiger partial charge on any atom is 0.0666 e. The van der Waals surface area contributed by atoms with E-state index in [0.29, 0.717) is 6.04 Å². The highest BCUT2D eigenvalue weighted by Gasteiger charge is 2.32. The number of rotatable bonds is 3. The lowest BCUT2D eigenvalue weighted by atomic mass is 9.89. The Bertz CT molecular complexity index is 218. The number of ether oxygens (including phenoxy) is 1. The van der Waals surface area contributed by atoms with Crippen LogP contribution in [-0.2, 0) is 4.74 Å². The van der Waals surface area contributed by atoms with E-state index in [1.807, 2.05) is 0 Å². The van der Waals surface area contributed by atoms with E-state index >= 15 is 0 Å². The molecule has 0 amide bonds. The molecule has 0 spiro atoms. The van der Waals surface area contributed by atoms with E-state index in [4.69, 9.17) is 4.74 Å². The lowest BCUT2D eigenvalue weighted by Gasteiger charge is -2.40. The molecule has 0 aliphatic carbocycles. The number of hydrogen-bond acceptors (Lipinski definition) is 3. The second kappa shape index (κ2) is 5.74. The van der Waals surface area contributed by atoms with Crippen LogP contribution in [0.5, 0.6) is 0 Å². The van der Waals surface area contributed by atoms with Gasteiger partial charge in [-0.25, -0.2) is 0 Å². The maximum absolute atomic E-state index is 5.89. The van der Waals surface area contributed by atoms with Crippen molar-refractivity contribution in [1.29, 1.82) is 0 Å². The highest BCUT2D eigenvalue weighted by molar-refractivity contribution is 7.99. The Hall–Kier alpha value is 0.270. The van der Waals surface area contributed by atoms with Crippen molar-refractivity contribution in [1.82, 2.24) is 5.32 Å². The summed E-state index contributed by atoms with van der Waals surface area (Å²) in [5.74, 6) is 2.68. The van der Waals surface area contributed by atoms with Crippen LogP contribution >= 0.6 is 11.8 Å². The van der Waals surface area contributed by atoms with Crippen molar-refractivity contribution < 1.29 is 4.74 Å². The van der Waals surface area contributed by atoms with Gasteiger partial charge in [0.25, 0.3) is 0 Å². The average Bonchev–Trinajstić information content (AvgIpc) is 2.30. The van der Waals surface area contributed by atoms with Gasteiger partial charge in [0.1, 0.15) is 0 Å². The molecule has 0 saturated carbocycles. The summed E-state index contributed by atoms with van der Waals surface area (Å²) in [6, 6.07) is 1.46. The monoisotopic (exact) mass is 243 g/mol. The number of nitrogens with one attached hydrogen (secondary N) is 1. The Labute approximate surface area is 104 Å². The standard InChI is InChI=1S/C13H25NOS/c1-3-13(2)10-12(4-7-15-13)14-11-5-8-16-9-6-11/h11-12,14H,3-10H2,1-2H3. The zero-order valence-corrected chi connectivity index (χ0v) is 11.4. The van der Waals surface area contributed by atoms with Gasteiger partial charge >= 0.3 is 0 Å². The molecule has 2 aliphatic heterocycles. The van der Waals surface area contributed by atoms with Crippen molar-refractivity contribution in [2.24, 2.45) is 0 Å². The fourth-order valence-electron chi connectivity index (χ4n) is 2.72. The van der Waals surface area contributed by atoms with Gasteiger partial charge in [-0.2, -0.15) is 11.8 Å².